The lowest BCUT2D eigenvalue weighted by Gasteiger charge is -1.90. The van der Waals surface area contributed by atoms with E-state index >= 15 is 0 Å². The molecule has 0 heterocycles. The number of aliphatic carboxylic acids is 1. The topological polar surface area (TPSA) is 80.4 Å². The molecule has 1 rings (SSSR count). The molecule has 82 valence electrons. The Hall–Kier alpha value is -1.68. The summed E-state index contributed by atoms with van der Waals surface area (Å²) in [6.07, 6.45) is 0. The molecule has 4 nitrogen and oxygen atoms in total. The maximum atomic E-state index is 10.6. The van der Waals surface area contributed by atoms with E-state index in [0.29, 0.717) is 0 Å². The fourth-order valence-corrected chi connectivity index (χ4v) is 0.673. The van der Waals surface area contributed by atoms with Crippen molar-refractivity contribution in [1.29, 1.82) is 0 Å². The minimum Gasteiger partial charge on any atom is -0.480 e. The molecule has 0 aliphatic rings. The SMILES string of the molecule is CC(=O)c1ccccc1.C[C@H](N)C(=O)O. The fourth-order valence-electron chi connectivity index (χ4n) is 0.673. The van der Waals surface area contributed by atoms with Crippen molar-refractivity contribution in [2.24, 2.45) is 5.73 Å². The molecule has 0 bridgehead atoms. The number of Topliss-reactive ketones (excluding diaryl/α,β-unsaturated/α-hetero) is 1. The van der Waals surface area contributed by atoms with Gasteiger partial charge in [-0.1, -0.05) is 30.3 Å². The molecule has 0 spiro atoms. The van der Waals surface area contributed by atoms with Crippen LogP contribution in [-0.2, 0) is 4.79 Å². The van der Waals surface area contributed by atoms with Crippen LogP contribution >= 0.6 is 0 Å². The Balaban J connectivity index is 0.000000288. The summed E-state index contributed by atoms with van der Waals surface area (Å²) >= 11 is 0. The minimum atomic E-state index is -0.963. The molecule has 0 aliphatic heterocycles. The highest BCUT2D eigenvalue weighted by Crippen LogP contribution is 1.97. The van der Waals surface area contributed by atoms with E-state index in [-0.39, 0.29) is 5.78 Å². The number of hydrogen-bond donors (Lipinski definition) is 2. The standard InChI is InChI=1S/C8H8O.C3H7NO2/c1-7(9)8-5-3-2-4-6-8;1-2(4)3(5)6/h2-6H,1H3;2H,4H2,1H3,(H,5,6)/t;2-/m.0/s1. The van der Waals surface area contributed by atoms with Gasteiger partial charge in [0.25, 0.3) is 0 Å². The van der Waals surface area contributed by atoms with Crippen LogP contribution in [0.1, 0.15) is 24.2 Å². The summed E-state index contributed by atoms with van der Waals surface area (Å²) in [6, 6.07) is 8.50. The number of carboxylic acids is 1. The molecule has 1 aromatic rings. The first kappa shape index (κ1) is 13.3. The number of benzene rings is 1. The normalized spacial score (nSPS) is 10.9. The Bertz CT molecular complexity index is 320. The average molecular weight is 209 g/mol. The van der Waals surface area contributed by atoms with E-state index in [1.165, 1.54) is 6.92 Å². The highest BCUT2D eigenvalue weighted by Gasteiger charge is 1.99. The van der Waals surface area contributed by atoms with Crippen molar-refractivity contribution < 1.29 is 14.7 Å². The Morgan fingerprint density at radius 1 is 1.27 bits per heavy atom. The molecule has 0 aromatic heterocycles. The van der Waals surface area contributed by atoms with Crippen LogP contribution in [0.3, 0.4) is 0 Å². The van der Waals surface area contributed by atoms with E-state index in [9.17, 15) is 9.59 Å². The van der Waals surface area contributed by atoms with Gasteiger partial charge in [-0.05, 0) is 13.8 Å². The first-order valence-corrected chi connectivity index (χ1v) is 4.49. The number of carbonyl (C=O) groups is 2. The van der Waals surface area contributed by atoms with E-state index in [0.717, 1.165) is 5.56 Å². The van der Waals surface area contributed by atoms with Crippen molar-refractivity contribution in [2.45, 2.75) is 19.9 Å². The second-order valence-electron chi connectivity index (χ2n) is 3.05. The van der Waals surface area contributed by atoms with Gasteiger partial charge >= 0.3 is 5.97 Å². The van der Waals surface area contributed by atoms with Crippen LogP contribution in [0.5, 0.6) is 0 Å². The minimum absolute atomic E-state index is 0.121. The molecular weight excluding hydrogens is 194 g/mol. The molecule has 0 saturated heterocycles. The van der Waals surface area contributed by atoms with Gasteiger partial charge in [-0.3, -0.25) is 9.59 Å². The largest absolute Gasteiger partial charge is 0.480 e. The zero-order valence-corrected chi connectivity index (χ0v) is 8.81. The van der Waals surface area contributed by atoms with Gasteiger partial charge in [-0.15, -0.1) is 0 Å². The van der Waals surface area contributed by atoms with E-state index < -0.39 is 12.0 Å². The van der Waals surface area contributed by atoms with Crippen LogP contribution in [0.2, 0.25) is 0 Å². The van der Waals surface area contributed by atoms with E-state index in [1.807, 2.05) is 30.3 Å². The van der Waals surface area contributed by atoms with Gasteiger partial charge in [-0.25, -0.2) is 0 Å². The monoisotopic (exact) mass is 209 g/mol. The molecule has 3 N–H and O–H groups in total. The average Bonchev–Trinajstić information content (AvgIpc) is 2.20. The third kappa shape index (κ3) is 6.40. The number of carboxylic acid groups (broad SMARTS) is 1. The van der Waals surface area contributed by atoms with Gasteiger partial charge < -0.3 is 10.8 Å². The lowest BCUT2D eigenvalue weighted by molar-refractivity contribution is -0.138. The summed E-state index contributed by atoms with van der Waals surface area (Å²) in [7, 11) is 0. The van der Waals surface area contributed by atoms with E-state index in [4.69, 9.17) is 10.8 Å². The van der Waals surface area contributed by atoms with Gasteiger partial charge in [0.1, 0.15) is 6.04 Å². The molecule has 4 heteroatoms. The first-order chi connectivity index (χ1) is 6.95. The second kappa shape index (κ2) is 6.73. The molecule has 0 unspecified atom stereocenters. The molecule has 0 radical (unpaired) electrons. The van der Waals surface area contributed by atoms with Crippen LogP contribution < -0.4 is 5.73 Å². The van der Waals surface area contributed by atoms with E-state index in [1.54, 1.807) is 6.92 Å². The van der Waals surface area contributed by atoms with Crippen LogP contribution in [0.4, 0.5) is 0 Å². The number of rotatable bonds is 2. The number of nitrogens with two attached hydrogens (primary N) is 1. The lowest BCUT2D eigenvalue weighted by Crippen LogP contribution is -2.25. The van der Waals surface area contributed by atoms with Gasteiger partial charge in [0.05, 0.1) is 0 Å². The summed E-state index contributed by atoms with van der Waals surface area (Å²) in [5, 5.41) is 7.87. The first-order valence-electron chi connectivity index (χ1n) is 4.49. The van der Waals surface area contributed by atoms with Gasteiger partial charge in [-0.2, -0.15) is 0 Å². The zero-order valence-electron chi connectivity index (χ0n) is 8.81. The van der Waals surface area contributed by atoms with Crippen LogP contribution in [0.15, 0.2) is 30.3 Å². The molecule has 15 heavy (non-hydrogen) atoms. The molecule has 1 aromatic carbocycles. The maximum Gasteiger partial charge on any atom is 0.320 e. The van der Waals surface area contributed by atoms with Crippen molar-refractivity contribution in [2.75, 3.05) is 0 Å². The van der Waals surface area contributed by atoms with Gasteiger partial charge in [0, 0.05) is 5.56 Å². The summed E-state index contributed by atoms with van der Waals surface area (Å²) in [4.78, 5) is 20.2. The predicted octanol–water partition coefficient (Wildman–Crippen LogP) is 1.31. The van der Waals surface area contributed by atoms with Crippen LogP contribution in [-0.4, -0.2) is 22.9 Å². The summed E-state index contributed by atoms with van der Waals surface area (Å²) in [5.41, 5.74) is 5.61. The van der Waals surface area contributed by atoms with Crippen LogP contribution in [0, 0.1) is 0 Å². The van der Waals surface area contributed by atoms with Crippen molar-refractivity contribution in [1.82, 2.24) is 0 Å². The van der Waals surface area contributed by atoms with Crippen LogP contribution in [0.25, 0.3) is 0 Å². The molecular formula is C11H15NO3. The molecule has 0 amide bonds. The summed E-state index contributed by atoms with van der Waals surface area (Å²) in [6.45, 7) is 2.98. The molecule has 0 fully saturated rings. The molecule has 1 atom stereocenters. The molecule has 0 aliphatic carbocycles. The number of hydrogen-bond acceptors (Lipinski definition) is 3. The Kier molecular flexibility index (Phi) is 5.97. The third-order valence-corrected chi connectivity index (χ3v) is 1.57. The van der Waals surface area contributed by atoms with Crippen molar-refractivity contribution in [3.05, 3.63) is 35.9 Å². The fraction of sp³-hybridized carbons (Fsp3) is 0.273. The van der Waals surface area contributed by atoms with E-state index in [2.05, 4.69) is 0 Å². The van der Waals surface area contributed by atoms with Crippen molar-refractivity contribution in [3.63, 3.8) is 0 Å². The summed E-state index contributed by atoms with van der Waals surface area (Å²) < 4.78 is 0. The predicted molar refractivity (Wildman–Crippen MR) is 57.7 cm³/mol. The van der Waals surface area contributed by atoms with Gasteiger partial charge in [0.2, 0.25) is 0 Å². The highest BCUT2D eigenvalue weighted by molar-refractivity contribution is 5.93. The number of carbonyl (C=O) groups excluding carboxylic acids is 1. The second-order valence-corrected chi connectivity index (χ2v) is 3.05. The third-order valence-electron chi connectivity index (χ3n) is 1.57. The summed E-state index contributed by atoms with van der Waals surface area (Å²) in [5.74, 6) is -0.842. The lowest BCUT2D eigenvalue weighted by atomic mass is 10.2. The van der Waals surface area contributed by atoms with Crippen molar-refractivity contribution in [3.8, 4) is 0 Å². The Morgan fingerprint density at radius 2 is 1.67 bits per heavy atom. The van der Waals surface area contributed by atoms with Gasteiger partial charge in [0.15, 0.2) is 5.78 Å². The Labute approximate surface area is 88.7 Å². The highest BCUT2D eigenvalue weighted by atomic mass is 16.4. The number of ketones is 1. The maximum absolute atomic E-state index is 10.6. The molecule has 0 saturated carbocycles. The smallest absolute Gasteiger partial charge is 0.320 e. The Morgan fingerprint density at radius 3 is 1.87 bits per heavy atom. The quantitative estimate of drug-likeness (QED) is 0.719. The zero-order chi connectivity index (χ0) is 11.8. The van der Waals surface area contributed by atoms with Crippen molar-refractivity contribution >= 4 is 11.8 Å².